The van der Waals surface area contributed by atoms with Gasteiger partial charge < -0.3 is 10.2 Å². The first-order valence-electron chi connectivity index (χ1n) is 8.45. The number of hydrogen-bond donors (Lipinski definition) is 1. The Kier molecular flexibility index (Phi) is 5.26. The summed E-state index contributed by atoms with van der Waals surface area (Å²) in [7, 11) is 0. The van der Waals surface area contributed by atoms with Crippen molar-refractivity contribution >= 4 is 23.6 Å². The van der Waals surface area contributed by atoms with E-state index in [0.29, 0.717) is 17.2 Å². The quantitative estimate of drug-likeness (QED) is 0.815. The molecule has 0 radical (unpaired) electrons. The maximum absolute atomic E-state index is 12.5. The van der Waals surface area contributed by atoms with Gasteiger partial charge in [-0.3, -0.25) is 9.59 Å². The fourth-order valence-corrected chi connectivity index (χ4v) is 3.93. The predicted molar refractivity (Wildman–Crippen MR) is 92.6 cm³/mol. The Balaban J connectivity index is 1.60. The smallest absolute Gasteiger partial charge is 0.252 e. The van der Waals surface area contributed by atoms with E-state index >= 15 is 0 Å². The molecule has 5 heteroatoms. The van der Waals surface area contributed by atoms with Gasteiger partial charge in [-0.1, -0.05) is 12.1 Å². The van der Waals surface area contributed by atoms with E-state index in [2.05, 4.69) is 12.2 Å². The third-order valence-electron chi connectivity index (χ3n) is 4.63. The second kappa shape index (κ2) is 7.39. The Labute approximate surface area is 142 Å². The van der Waals surface area contributed by atoms with Crippen molar-refractivity contribution < 1.29 is 9.59 Å². The minimum absolute atomic E-state index is 0.0267. The second-order valence-corrected chi connectivity index (χ2v) is 7.49. The Bertz CT molecular complexity index is 580. The van der Waals surface area contributed by atoms with Crippen LogP contribution in [0.15, 0.2) is 29.2 Å². The van der Waals surface area contributed by atoms with Crippen LogP contribution in [-0.4, -0.2) is 41.6 Å². The molecule has 2 aliphatic rings. The standard InChI is InChI=1S/C18H24N2O2S/c1-13(14-8-9-14)19-18(22)15-6-2-3-7-16(15)23-12-17(21)20-10-4-5-11-20/h2-3,6-7,13-14H,4-5,8-12H2,1H3,(H,19,22). The number of carbonyl (C=O) groups excluding carboxylic acids is 2. The van der Waals surface area contributed by atoms with Crippen LogP contribution in [0.1, 0.15) is 43.0 Å². The summed E-state index contributed by atoms with van der Waals surface area (Å²) >= 11 is 1.47. The van der Waals surface area contributed by atoms with Crippen molar-refractivity contribution in [1.82, 2.24) is 10.2 Å². The topological polar surface area (TPSA) is 49.4 Å². The number of nitrogens with one attached hydrogen (secondary N) is 1. The van der Waals surface area contributed by atoms with Crippen LogP contribution in [0.25, 0.3) is 0 Å². The predicted octanol–water partition coefficient (Wildman–Crippen LogP) is 2.93. The molecule has 1 N–H and O–H groups in total. The zero-order chi connectivity index (χ0) is 16.2. The van der Waals surface area contributed by atoms with E-state index in [-0.39, 0.29) is 17.9 Å². The normalized spacial score (nSPS) is 18.7. The lowest BCUT2D eigenvalue weighted by Gasteiger charge is -2.16. The molecule has 1 aromatic carbocycles. The SMILES string of the molecule is CC(NC(=O)c1ccccc1SCC(=O)N1CCCC1)C1CC1. The van der Waals surface area contributed by atoms with Gasteiger partial charge in [0.25, 0.3) is 5.91 Å². The maximum Gasteiger partial charge on any atom is 0.252 e. The Morgan fingerprint density at radius 2 is 1.96 bits per heavy atom. The van der Waals surface area contributed by atoms with Crippen molar-refractivity contribution in [2.75, 3.05) is 18.8 Å². The van der Waals surface area contributed by atoms with Crippen LogP contribution in [0.5, 0.6) is 0 Å². The fourth-order valence-electron chi connectivity index (χ4n) is 2.98. The average Bonchev–Trinajstić information content (AvgIpc) is 3.27. The first kappa shape index (κ1) is 16.4. The molecule has 1 heterocycles. The van der Waals surface area contributed by atoms with E-state index in [1.54, 1.807) is 0 Å². The van der Waals surface area contributed by atoms with E-state index in [9.17, 15) is 9.59 Å². The second-order valence-electron chi connectivity index (χ2n) is 6.47. The number of likely N-dealkylation sites (tertiary alicyclic amines) is 1. The molecule has 1 aromatic rings. The van der Waals surface area contributed by atoms with Crippen molar-refractivity contribution in [2.45, 2.75) is 43.5 Å². The molecule has 1 saturated carbocycles. The molecule has 1 unspecified atom stereocenters. The molecular weight excluding hydrogens is 308 g/mol. The first-order chi connectivity index (χ1) is 11.1. The van der Waals surface area contributed by atoms with Gasteiger partial charge in [-0.25, -0.2) is 0 Å². The molecule has 1 aliphatic carbocycles. The van der Waals surface area contributed by atoms with Gasteiger partial charge in [-0.05, 0) is 50.7 Å². The Morgan fingerprint density at radius 3 is 2.65 bits per heavy atom. The summed E-state index contributed by atoms with van der Waals surface area (Å²) in [6, 6.07) is 7.80. The van der Waals surface area contributed by atoms with Gasteiger partial charge in [0.1, 0.15) is 0 Å². The molecule has 1 saturated heterocycles. The highest BCUT2D eigenvalue weighted by molar-refractivity contribution is 8.00. The van der Waals surface area contributed by atoms with Crippen LogP contribution >= 0.6 is 11.8 Å². The molecule has 3 rings (SSSR count). The molecule has 1 atom stereocenters. The molecule has 4 nitrogen and oxygen atoms in total. The number of nitrogens with zero attached hydrogens (tertiary/aromatic N) is 1. The van der Waals surface area contributed by atoms with Crippen LogP contribution in [0.4, 0.5) is 0 Å². The number of thioether (sulfide) groups is 1. The molecule has 23 heavy (non-hydrogen) atoms. The van der Waals surface area contributed by atoms with Crippen LogP contribution in [0.2, 0.25) is 0 Å². The Hall–Kier alpha value is -1.49. The minimum Gasteiger partial charge on any atom is -0.349 e. The molecule has 1 aliphatic heterocycles. The fraction of sp³-hybridized carbons (Fsp3) is 0.556. The van der Waals surface area contributed by atoms with Crippen molar-refractivity contribution in [3.63, 3.8) is 0 Å². The summed E-state index contributed by atoms with van der Waals surface area (Å²) in [5, 5.41) is 3.09. The van der Waals surface area contributed by atoms with Gasteiger partial charge >= 0.3 is 0 Å². The van der Waals surface area contributed by atoms with Crippen LogP contribution in [0, 0.1) is 5.92 Å². The van der Waals surface area contributed by atoms with Crippen molar-refractivity contribution in [2.24, 2.45) is 5.92 Å². The van der Waals surface area contributed by atoms with E-state index in [1.165, 1.54) is 24.6 Å². The summed E-state index contributed by atoms with van der Waals surface area (Å²) in [5.41, 5.74) is 0.680. The lowest BCUT2D eigenvalue weighted by atomic mass is 10.1. The number of amides is 2. The largest absolute Gasteiger partial charge is 0.349 e. The monoisotopic (exact) mass is 332 g/mol. The van der Waals surface area contributed by atoms with Crippen molar-refractivity contribution in [3.05, 3.63) is 29.8 Å². The summed E-state index contributed by atoms with van der Waals surface area (Å²) in [6.45, 7) is 3.82. The zero-order valence-electron chi connectivity index (χ0n) is 13.6. The number of benzene rings is 1. The highest BCUT2D eigenvalue weighted by atomic mass is 32.2. The Morgan fingerprint density at radius 1 is 1.26 bits per heavy atom. The molecule has 2 amide bonds. The molecule has 0 aromatic heterocycles. The number of carbonyl (C=O) groups is 2. The number of rotatable bonds is 6. The molecule has 124 valence electrons. The van der Waals surface area contributed by atoms with Gasteiger partial charge in [0.2, 0.25) is 5.91 Å². The average molecular weight is 332 g/mol. The van der Waals surface area contributed by atoms with E-state index in [4.69, 9.17) is 0 Å². The third kappa shape index (κ3) is 4.28. The number of hydrogen-bond acceptors (Lipinski definition) is 3. The summed E-state index contributed by atoms with van der Waals surface area (Å²) < 4.78 is 0. The highest BCUT2D eigenvalue weighted by Crippen LogP contribution is 2.32. The van der Waals surface area contributed by atoms with E-state index < -0.39 is 0 Å². The molecular formula is C18H24N2O2S. The van der Waals surface area contributed by atoms with Gasteiger partial charge in [0.15, 0.2) is 0 Å². The maximum atomic E-state index is 12.5. The summed E-state index contributed by atoms with van der Waals surface area (Å²) in [5.74, 6) is 1.19. The van der Waals surface area contributed by atoms with E-state index in [1.807, 2.05) is 29.2 Å². The highest BCUT2D eigenvalue weighted by Gasteiger charge is 2.29. The lowest BCUT2D eigenvalue weighted by Crippen LogP contribution is -2.34. The van der Waals surface area contributed by atoms with Crippen molar-refractivity contribution in [1.29, 1.82) is 0 Å². The summed E-state index contributed by atoms with van der Waals surface area (Å²) in [4.78, 5) is 27.5. The lowest BCUT2D eigenvalue weighted by molar-refractivity contribution is -0.127. The zero-order valence-corrected chi connectivity index (χ0v) is 14.4. The third-order valence-corrected chi connectivity index (χ3v) is 5.69. The molecule has 0 spiro atoms. The van der Waals surface area contributed by atoms with Crippen LogP contribution in [-0.2, 0) is 4.79 Å². The van der Waals surface area contributed by atoms with Gasteiger partial charge in [-0.2, -0.15) is 0 Å². The summed E-state index contributed by atoms with van der Waals surface area (Å²) in [6.07, 6.45) is 4.63. The minimum atomic E-state index is -0.0267. The van der Waals surface area contributed by atoms with Gasteiger partial charge in [-0.15, -0.1) is 11.8 Å². The molecule has 2 fully saturated rings. The van der Waals surface area contributed by atoms with Crippen LogP contribution in [0.3, 0.4) is 0 Å². The van der Waals surface area contributed by atoms with Crippen LogP contribution < -0.4 is 5.32 Å². The first-order valence-corrected chi connectivity index (χ1v) is 9.44. The van der Waals surface area contributed by atoms with Gasteiger partial charge in [0, 0.05) is 24.0 Å². The van der Waals surface area contributed by atoms with Gasteiger partial charge in [0.05, 0.1) is 11.3 Å². The molecule has 0 bridgehead atoms. The van der Waals surface area contributed by atoms with Crippen molar-refractivity contribution in [3.8, 4) is 0 Å². The van der Waals surface area contributed by atoms with E-state index in [0.717, 1.165) is 30.8 Å².